The normalized spacial score (nSPS) is 20.0. The molecule has 2 aliphatic rings. The Kier molecular flexibility index (Phi) is 3.13. The van der Waals surface area contributed by atoms with Crippen LogP contribution in [-0.4, -0.2) is 29.1 Å². The van der Waals surface area contributed by atoms with E-state index in [1.807, 2.05) is 36.1 Å². The summed E-state index contributed by atoms with van der Waals surface area (Å²) < 4.78 is 5.38. The number of hydrogen-bond acceptors (Lipinski definition) is 4. The van der Waals surface area contributed by atoms with Crippen molar-refractivity contribution in [2.45, 2.75) is 32.2 Å². The van der Waals surface area contributed by atoms with Crippen LogP contribution in [0.4, 0.5) is 5.69 Å². The highest BCUT2D eigenvalue weighted by Gasteiger charge is 2.33. The molecule has 1 fully saturated rings. The molecule has 0 aliphatic carbocycles. The molecule has 1 saturated heterocycles. The van der Waals surface area contributed by atoms with Crippen LogP contribution in [0.1, 0.15) is 46.3 Å². The van der Waals surface area contributed by atoms with Gasteiger partial charge in [0.05, 0.1) is 11.7 Å². The van der Waals surface area contributed by atoms with Gasteiger partial charge in [0.25, 0.3) is 5.91 Å². The fraction of sp³-hybridized carbons (Fsp3) is 0.412. The molecule has 1 aromatic heterocycles. The first-order chi connectivity index (χ1) is 10.7. The topological polar surface area (TPSA) is 58.4 Å². The first-order valence-electron chi connectivity index (χ1n) is 7.83. The molecule has 2 aliphatic heterocycles. The van der Waals surface area contributed by atoms with Crippen molar-refractivity contribution in [2.75, 3.05) is 18.4 Å². The fourth-order valence-corrected chi connectivity index (χ4v) is 3.45. The zero-order chi connectivity index (χ0) is 15.1. The third-order valence-electron chi connectivity index (χ3n) is 4.55. The van der Waals surface area contributed by atoms with E-state index in [0.29, 0.717) is 0 Å². The second-order valence-corrected chi connectivity index (χ2v) is 6.08. The van der Waals surface area contributed by atoms with Gasteiger partial charge in [-0.2, -0.15) is 0 Å². The van der Waals surface area contributed by atoms with Gasteiger partial charge in [-0.15, -0.1) is 0 Å². The molecule has 3 heterocycles. The van der Waals surface area contributed by atoms with E-state index >= 15 is 0 Å². The second kappa shape index (κ2) is 5.16. The predicted octanol–water partition coefficient (Wildman–Crippen LogP) is 2.93. The van der Waals surface area contributed by atoms with E-state index in [9.17, 15) is 4.79 Å². The summed E-state index contributed by atoms with van der Waals surface area (Å²) in [5.41, 5.74) is 4.01. The van der Waals surface area contributed by atoms with Gasteiger partial charge in [-0.25, -0.2) is 0 Å². The Morgan fingerprint density at radius 3 is 3.14 bits per heavy atom. The lowest BCUT2D eigenvalue weighted by Gasteiger charge is -2.23. The Bertz CT molecular complexity index is 722. The molecular weight excluding hydrogens is 278 g/mol. The molecule has 0 radical (unpaired) electrons. The number of aromatic nitrogens is 1. The SMILES string of the molecule is Cc1cc(C2CCCN2C(=O)c2ccc3c(c2)CCN3)on1. The van der Waals surface area contributed by atoms with E-state index in [1.54, 1.807) is 0 Å². The van der Waals surface area contributed by atoms with Gasteiger partial charge < -0.3 is 14.7 Å². The minimum absolute atomic E-state index is 0.0140. The average molecular weight is 297 g/mol. The lowest BCUT2D eigenvalue weighted by molar-refractivity contribution is 0.0714. The quantitative estimate of drug-likeness (QED) is 0.926. The molecule has 5 nitrogen and oxygen atoms in total. The summed E-state index contributed by atoms with van der Waals surface area (Å²) in [6, 6.07) is 7.90. The molecule has 0 spiro atoms. The molecule has 0 saturated carbocycles. The first kappa shape index (κ1) is 13.4. The minimum atomic E-state index is 0.0140. The summed E-state index contributed by atoms with van der Waals surface area (Å²) in [4.78, 5) is 14.8. The van der Waals surface area contributed by atoms with Crippen LogP contribution < -0.4 is 5.32 Å². The Morgan fingerprint density at radius 2 is 2.32 bits per heavy atom. The first-order valence-corrected chi connectivity index (χ1v) is 7.83. The van der Waals surface area contributed by atoms with Crippen LogP contribution in [0.15, 0.2) is 28.8 Å². The van der Waals surface area contributed by atoms with Crippen LogP contribution in [-0.2, 0) is 6.42 Å². The molecule has 1 N–H and O–H groups in total. The van der Waals surface area contributed by atoms with Crippen molar-refractivity contribution in [3.63, 3.8) is 0 Å². The van der Waals surface area contributed by atoms with Crippen LogP contribution >= 0.6 is 0 Å². The van der Waals surface area contributed by atoms with E-state index < -0.39 is 0 Å². The second-order valence-electron chi connectivity index (χ2n) is 6.08. The van der Waals surface area contributed by atoms with Crippen molar-refractivity contribution in [1.29, 1.82) is 0 Å². The summed E-state index contributed by atoms with van der Waals surface area (Å²) in [5.74, 6) is 0.887. The standard InChI is InChI=1S/C17H19N3O2/c1-11-9-16(22-19-11)15-3-2-8-20(15)17(21)13-4-5-14-12(10-13)6-7-18-14/h4-5,9-10,15,18H,2-3,6-8H2,1H3. The van der Waals surface area contributed by atoms with Crippen LogP contribution in [0.5, 0.6) is 0 Å². The highest BCUT2D eigenvalue weighted by molar-refractivity contribution is 5.95. The number of hydrogen-bond donors (Lipinski definition) is 1. The molecule has 5 heteroatoms. The van der Waals surface area contributed by atoms with Crippen LogP contribution in [0.3, 0.4) is 0 Å². The average Bonchev–Trinajstić information content (AvgIpc) is 3.25. The number of nitrogens with one attached hydrogen (secondary N) is 1. The fourth-order valence-electron chi connectivity index (χ4n) is 3.45. The zero-order valence-corrected chi connectivity index (χ0v) is 12.6. The van der Waals surface area contributed by atoms with Gasteiger partial charge in [-0.05, 0) is 49.9 Å². The molecular formula is C17H19N3O2. The van der Waals surface area contributed by atoms with E-state index in [1.165, 1.54) is 5.56 Å². The third kappa shape index (κ3) is 2.17. The number of carbonyl (C=O) groups is 1. The van der Waals surface area contributed by atoms with Crippen LogP contribution in [0.2, 0.25) is 0 Å². The van der Waals surface area contributed by atoms with E-state index in [2.05, 4.69) is 10.5 Å². The molecule has 1 unspecified atom stereocenters. The number of aryl methyl sites for hydroxylation is 1. The van der Waals surface area contributed by atoms with Crippen LogP contribution in [0.25, 0.3) is 0 Å². The highest BCUT2D eigenvalue weighted by atomic mass is 16.5. The maximum absolute atomic E-state index is 12.9. The third-order valence-corrected chi connectivity index (χ3v) is 4.55. The Morgan fingerprint density at radius 1 is 1.41 bits per heavy atom. The Labute approximate surface area is 129 Å². The number of likely N-dealkylation sites (tertiary alicyclic amines) is 1. The van der Waals surface area contributed by atoms with Crippen molar-refractivity contribution in [3.8, 4) is 0 Å². The van der Waals surface area contributed by atoms with Gasteiger partial charge in [0, 0.05) is 30.4 Å². The summed E-state index contributed by atoms with van der Waals surface area (Å²) in [7, 11) is 0. The van der Waals surface area contributed by atoms with E-state index in [4.69, 9.17) is 4.52 Å². The number of nitrogens with zero attached hydrogens (tertiary/aromatic N) is 2. The van der Waals surface area contributed by atoms with Gasteiger partial charge in [0.1, 0.15) is 0 Å². The van der Waals surface area contributed by atoms with Crippen molar-refractivity contribution in [3.05, 3.63) is 46.8 Å². The summed E-state index contributed by atoms with van der Waals surface area (Å²) in [6.07, 6.45) is 2.93. The lowest BCUT2D eigenvalue weighted by atomic mass is 10.1. The van der Waals surface area contributed by atoms with E-state index in [-0.39, 0.29) is 11.9 Å². The highest BCUT2D eigenvalue weighted by Crippen LogP contribution is 2.34. The minimum Gasteiger partial charge on any atom is -0.384 e. The van der Waals surface area contributed by atoms with Crippen molar-refractivity contribution >= 4 is 11.6 Å². The lowest BCUT2D eigenvalue weighted by Crippen LogP contribution is -2.30. The van der Waals surface area contributed by atoms with Gasteiger partial charge in [0.2, 0.25) is 0 Å². The monoisotopic (exact) mass is 297 g/mol. The maximum Gasteiger partial charge on any atom is 0.254 e. The van der Waals surface area contributed by atoms with Gasteiger partial charge in [-0.1, -0.05) is 5.16 Å². The summed E-state index contributed by atoms with van der Waals surface area (Å²) >= 11 is 0. The molecule has 1 atom stereocenters. The van der Waals surface area contributed by atoms with Gasteiger partial charge in [0.15, 0.2) is 5.76 Å². The zero-order valence-electron chi connectivity index (χ0n) is 12.6. The molecule has 2 aromatic rings. The largest absolute Gasteiger partial charge is 0.384 e. The smallest absolute Gasteiger partial charge is 0.254 e. The number of benzene rings is 1. The molecule has 22 heavy (non-hydrogen) atoms. The number of fused-ring (bicyclic) bond motifs is 1. The molecule has 0 bridgehead atoms. The number of rotatable bonds is 2. The summed E-state index contributed by atoms with van der Waals surface area (Å²) in [5, 5.41) is 7.28. The van der Waals surface area contributed by atoms with Crippen molar-refractivity contribution in [2.24, 2.45) is 0 Å². The Balaban J connectivity index is 1.61. The predicted molar refractivity (Wildman–Crippen MR) is 82.9 cm³/mol. The number of carbonyl (C=O) groups excluding carboxylic acids is 1. The van der Waals surface area contributed by atoms with Crippen LogP contribution in [0, 0.1) is 6.92 Å². The molecule has 4 rings (SSSR count). The van der Waals surface area contributed by atoms with Crippen molar-refractivity contribution < 1.29 is 9.32 Å². The number of amides is 1. The van der Waals surface area contributed by atoms with Crippen molar-refractivity contribution in [1.82, 2.24) is 10.1 Å². The molecule has 1 amide bonds. The molecule has 1 aromatic carbocycles. The summed E-state index contributed by atoms with van der Waals surface area (Å²) in [6.45, 7) is 3.64. The maximum atomic E-state index is 12.9. The number of anilines is 1. The molecule has 114 valence electrons. The van der Waals surface area contributed by atoms with E-state index in [0.717, 1.165) is 55.1 Å². The van der Waals surface area contributed by atoms with Gasteiger partial charge in [-0.3, -0.25) is 4.79 Å². The van der Waals surface area contributed by atoms with Gasteiger partial charge >= 0.3 is 0 Å². The Hall–Kier alpha value is -2.30.